The molecular formula is C9H11ClN2O2S. The van der Waals surface area contributed by atoms with Crippen molar-refractivity contribution in [2.24, 2.45) is 5.92 Å². The van der Waals surface area contributed by atoms with Crippen molar-refractivity contribution in [1.82, 2.24) is 4.98 Å². The number of sulfonamides is 1. The molecule has 1 aromatic heterocycles. The molecule has 1 aromatic rings. The highest BCUT2D eigenvalue weighted by molar-refractivity contribution is 7.92. The van der Waals surface area contributed by atoms with Gasteiger partial charge in [-0.2, -0.15) is 0 Å². The molecule has 0 saturated heterocycles. The van der Waals surface area contributed by atoms with E-state index in [2.05, 4.69) is 9.71 Å². The predicted octanol–water partition coefficient (Wildman–Crippen LogP) is 1.89. The molecule has 82 valence electrons. The summed E-state index contributed by atoms with van der Waals surface area (Å²) >= 11 is 5.59. The molecule has 1 saturated carbocycles. The Kier molecular flexibility index (Phi) is 2.84. The van der Waals surface area contributed by atoms with Crippen molar-refractivity contribution < 1.29 is 8.42 Å². The van der Waals surface area contributed by atoms with E-state index in [1.165, 1.54) is 6.20 Å². The van der Waals surface area contributed by atoms with Crippen molar-refractivity contribution in [2.75, 3.05) is 10.5 Å². The number of nitrogens with one attached hydrogen (secondary N) is 1. The van der Waals surface area contributed by atoms with E-state index >= 15 is 0 Å². The van der Waals surface area contributed by atoms with Gasteiger partial charge < -0.3 is 0 Å². The van der Waals surface area contributed by atoms with Crippen LogP contribution < -0.4 is 4.72 Å². The number of hydrogen-bond donors (Lipinski definition) is 1. The number of halogens is 1. The molecule has 0 amide bonds. The third-order valence-corrected chi connectivity index (χ3v) is 3.83. The highest BCUT2D eigenvalue weighted by Crippen LogP contribution is 2.30. The molecule has 2 rings (SSSR count). The summed E-state index contributed by atoms with van der Waals surface area (Å²) in [5.74, 6) is 0.540. The van der Waals surface area contributed by atoms with Gasteiger partial charge in [-0.25, -0.2) is 13.4 Å². The Morgan fingerprint density at radius 2 is 2.20 bits per heavy atom. The minimum atomic E-state index is -3.22. The van der Waals surface area contributed by atoms with Crippen molar-refractivity contribution in [3.8, 4) is 0 Å². The molecule has 0 unspecified atom stereocenters. The number of nitrogens with zero attached hydrogens (tertiary/aromatic N) is 1. The molecule has 0 spiro atoms. The van der Waals surface area contributed by atoms with Gasteiger partial charge in [0, 0.05) is 0 Å². The van der Waals surface area contributed by atoms with E-state index in [0.29, 0.717) is 16.8 Å². The number of pyridine rings is 1. The van der Waals surface area contributed by atoms with Gasteiger partial charge in [0.25, 0.3) is 0 Å². The van der Waals surface area contributed by atoms with Gasteiger partial charge in [-0.15, -0.1) is 0 Å². The van der Waals surface area contributed by atoms with Gasteiger partial charge in [-0.1, -0.05) is 11.6 Å². The molecule has 1 heterocycles. The van der Waals surface area contributed by atoms with Crippen molar-refractivity contribution in [1.29, 1.82) is 0 Å². The maximum absolute atomic E-state index is 11.6. The van der Waals surface area contributed by atoms with Crippen LogP contribution in [0.15, 0.2) is 18.3 Å². The summed E-state index contributed by atoms with van der Waals surface area (Å²) < 4.78 is 25.6. The molecular weight excluding hydrogens is 236 g/mol. The molecule has 0 atom stereocenters. The summed E-state index contributed by atoms with van der Waals surface area (Å²) in [5, 5.41) is 0.347. The minimum Gasteiger partial charge on any atom is -0.282 e. The van der Waals surface area contributed by atoms with Crippen LogP contribution >= 0.6 is 11.6 Å². The summed E-state index contributed by atoms with van der Waals surface area (Å²) in [6.45, 7) is 0. The molecule has 4 nitrogen and oxygen atoms in total. The van der Waals surface area contributed by atoms with Gasteiger partial charge in [0.05, 0.1) is 17.6 Å². The van der Waals surface area contributed by atoms with E-state index < -0.39 is 10.0 Å². The first-order valence-corrected chi connectivity index (χ1v) is 6.70. The molecule has 1 aliphatic rings. The van der Waals surface area contributed by atoms with Crippen LogP contribution in [0.2, 0.25) is 5.15 Å². The highest BCUT2D eigenvalue weighted by atomic mass is 35.5. The quantitative estimate of drug-likeness (QED) is 0.826. The zero-order valence-corrected chi connectivity index (χ0v) is 9.55. The zero-order chi connectivity index (χ0) is 10.9. The van der Waals surface area contributed by atoms with Gasteiger partial charge in [0.15, 0.2) is 0 Å². The fourth-order valence-corrected chi connectivity index (χ4v) is 2.88. The van der Waals surface area contributed by atoms with E-state index in [-0.39, 0.29) is 5.75 Å². The van der Waals surface area contributed by atoms with Crippen molar-refractivity contribution >= 4 is 27.3 Å². The molecule has 0 radical (unpaired) electrons. The number of aromatic nitrogens is 1. The van der Waals surface area contributed by atoms with Crippen molar-refractivity contribution in [3.63, 3.8) is 0 Å². The van der Waals surface area contributed by atoms with Crippen LogP contribution in [-0.4, -0.2) is 19.2 Å². The lowest BCUT2D eigenvalue weighted by Gasteiger charge is -2.06. The SMILES string of the molecule is O=S(=O)(CC1CC1)Nc1ccc(Cl)nc1. The minimum absolute atomic E-state index is 0.204. The van der Waals surface area contributed by atoms with E-state index in [4.69, 9.17) is 11.6 Å². The maximum atomic E-state index is 11.6. The fourth-order valence-electron chi connectivity index (χ4n) is 1.25. The van der Waals surface area contributed by atoms with Crippen LogP contribution in [0, 0.1) is 5.92 Å². The topological polar surface area (TPSA) is 59.1 Å². The lowest BCUT2D eigenvalue weighted by Crippen LogP contribution is -2.17. The summed E-state index contributed by atoms with van der Waals surface area (Å²) in [5.41, 5.74) is 0.458. The zero-order valence-electron chi connectivity index (χ0n) is 7.98. The van der Waals surface area contributed by atoms with Crippen LogP contribution in [0.5, 0.6) is 0 Å². The fraction of sp³-hybridized carbons (Fsp3) is 0.444. The molecule has 15 heavy (non-hydrogen) atoms. The Morgan fingerprint density at radius 1 is 1.47 bits per heavy atom. The standard InChI is InChI=1S/C9H11ClN2O2S/c10-9-4-3-8(5-11-9)12-15(13,14)6-7-1-2-7/h3-5,7,12H,1-2,6H2. The molecule has 0 aromatic carbocycles. The molecule has 0 aliphatic heterocycles. The molecule has 6 heteroatoms. The lowest BCUT2D eigenvalue weighted by molar-refractivity contribution is 0.597. The smallest absolute Gasteiger partial charge is 0.233 e. The summed E-state index contributed by atoms with van der Waals surface area (Å²) in [6, 6.07) is 3.15. The molecule has 1 fully saturated rings. The Morgan fingerprint density at radius 3 is 2.73 bits per heavy atom. The highest BCUT2D eigenvalue weighted by Gasteiger charge is 2.27. The first-order valence-electron chi connectivity index (χ1n) is 4.67. The summed E-state index contributed by atoms with van der Waals surface area (Å²) in [4.78, 5) is 3.80. The second-order valence-electron chi connectivity index (χ2n) is 3.70. The van der Waals surface area contributed by atoms with Crippen LogP contribution in [0.4, 0.5) is 5.69 Å². The largest absolute Gasteiger partial charge is 0.282 e. The first-order chi connectivity index (χ1) is 7.05. The van der Waals surface area contributed by atoms with Crippen LogP contribution in [0.1, 0.15) is 12.8 Å². The van der Waals surface area contributed by atoms with E-state index in [1.807, 2.05) is 0 Å². The lowest BCUT2D eigenvalue weighted by atomic mass is 10.4. The van der Waals surface area contributed by atoms with Gasteiger partial charge in [0.2, 0.25) is 10.0 Å². The Hall–Kier alpha value is -0.810. The number of anilines is 1. The predicted molar refractivity (Wildman–Crippen MR) is 59.4 cm³/mol. The van der Waals surface area contributed by atoms with E-state index in [9.17, 15) is 8.42 Å². The Labute approximate surface area is 93.7 Å². The Balaban J connectivity index is 2.03. The first kappa shape index (κ1) is 10.7. The average molecular weight is 247 g/mol. The second kappa shape index (κ2) is 3.98. The van der Waals surface area contributed by atoms with Crippen molar-refractivity contribution in [3.05, 3.63) is 23.5 Å². The third kappa shape index (κ3) is 3.35. The van der Waals surface area contributed by atoms with E-state index in [1.54, 1.807) is 12.1 Å². The van der Waals surface area contributed by atoms with Gasteiger partial charge in [-0.05, 0) is 30.9 Å². The van der Waals surface area contributed by atoms with Crippen LogP contribution in [0.3, 0.4) is 0 Å². The number of hydrogen-bond acceptors (Lipinski definition) is 3. The van der Waals surface area contributed by atoms with Gasteiger partial charge in [-0.3, -0.25) is 4.72 Å². The maximum Gasteiger partial charge on any atom is 0.233 e. The van der Waals surface area contributed by atoms with Crippen molar-refractivity contribution in [2.45, 2.75) is 12.8 Å². The monoisotopic (exact) mass is 246 g/mol. The number of rotatable bonds is 4. The normalized spacial score (nSPS) is 16.3. The van der Waals surface area contributed by atoms with Crippen LogP contribution in [-0.2, 0) is 10.0 Å². The Bertz CT molecular complexity index is 440. The molecule has 1 N–H and O–H groups in total. The summed E-state index contributed by atoms with van der Waals surface area (Å²) in [7, 11) is -3.22. The average Bonchev–Trinajstić information content (AvgIpc) is 2.91. The van der Waals surface area contributed by atoms with Gasteiger partial charge >= 0.3 is 0 Å². The summed E-state index contributed by atoms with van der Waals surface area (Å²) in [6.07, 6.45) is 3.44. The van der Waals surface area contributed by atoms with E-state index in [0.717, 1.165) is 12.8 Å². The third-order valence-electron chi connectivity index (χ3n) is 2.15. The molecule has 1 aliphatic carbocycles. The second-order valence-corrected chi connectivity index (χ2v) is 5.85. The molecule has 0 bridgehead atoms. The van der Waals surface area contributed by atoms with Gasteiger partial charge in [0.1, 0.15) is 5.15 Å². The van der Waals surface area contributed by atoms with Crippen LogP contribution in [0.25, 0.3) is 0 Å².